The summed E-state index contributed by atoms with van der Waals surface area (Å²) in [6.45, 7) is 3.20. The van der Waals surface area contributed by atoms with Gasteiger partial charge in [-0.05, 0) is 13.8 Å². The van der Waals surface area contributed by atoms with Crippen molar-refractivity contribution in [1.29, 1.82) is 0 Å². The lowest BCUT2D eigenvalue weighted by atomic mass is 10.4. The van der Waals surface area contributed by atoms with Gasteiger partial charge < -0.3 is 0 Å². The van der Waals surface area contributed by atoms with E-state index in [2.05, 4.69) is 12.6 Å². The number of hydrogen-bond donors (Lipinski definition) is 1. The number of rotatable bonds is 1. The van der Waals surface area contributed by atoms with Gasteiger partial charge in [-0.25, -0.2) is 4.39 Å². The Bertz CT molecular complexity index is 120. The molecule has 0 unspecified atom stereocenters. The van der Waals surface area contributed by atoms with Crippen LogP contribution in [0.4, 0.5) is 4.39 Å². The highest BCUT2D eigenvalue weighted by atomic mass is 32.1. The van der Waals surface area contributed by atoms with Crippen molar-refractivity contribution in [2.75, 3.05) is 0 Å². The fourth-order valence-corrected chi connectivity index (χ4v) is 0.422. The summed E-state index contributed by atoms with van der Waals surface area (Å²) in [4.78, 5) is 0.396. The highest BCUT2D eigenvalue weighted by molar-refractivity contribution is 7.84. The van der Waals surface area contributed by atoms with Crippen molar-refractivity contribution in [2.24, 2.45) is 0 Å². The number of thiol groups is 1. The van der Waals surface area contributed by atoms with Gasteiger partial charge in [-0.3, -0.25) is 0 Å². The van der Waals surface area contributed by atoms with Gasteiger partial charge in [0, 0.05) is 4.91 Å². The Morgan fingerprint density at radius 3 is 2.25 bits per heavy atom. The molecule has 0 radical (unpaired) electrons. The van der Waals surface area contributed by atoms with Gasteiger partial charge in [-0.15, -0.1) is 12.6 Å². The van der Waals surface area contributed by atoms with Gasteiger partial charge in [0.15, 0.2) is 0 Å². The second-order valence-electron chi connectivity index (χ2n) is 1.42. The van der Waals surface area contributed by atoms with Crippen LogP contribution in [0.1, 0.15) is 13.8 Å². The largest absolute Gasteiger partial charge is 0.211 e. The summed E-state index contributed by atoms with van der Waals surface area (Å²) in [6, 6.07) is 0. The molecule has 8 heavy (non-hydrogen) atoms. The van der Waals surface area contributed by atoms with Crippen LogP contribution in [0.15, 0.2) is 22.9 Å². The minimum Gasteiger partial charge on any atom is -0.211 e. The fourth-order valence-electron chi connectivity index (χ4n) is 0.273. The molecule has 2 heteroatoms. The van der Waals surface area contributed by atoms with Crippen molar-refractivity contribution in [3.63, 3.8) is 0 Å². The Balaban J connectivity index is 4.00. The monoisotopic (exact) mass is 132 g/mol. The van der Waals surface area contributed by atoms with Crippen LogP contribution in [0.25, 0.3) is 0 Å². The highest BCUT2D eigenvalue weighted by Crippen LogP contribution is 2.09. The van der Waals surface area contributed by atoms with Crippen molar-refractivity contribution >= 4 is 12.6 Å². The van der Waals surface area contributed by atoms with Gasteiger partial charge in [-0.1, -0.05) is 12.2 Å². The van der Waals surface area contributed by atoms with E-state index in [1.807, 2.05) is 6.92 Å². The van der Waals surface area contributed by atoms with E-state index in [0.717, 1.165) is 0 Å². The topological polar surface area (TPSA) is 0 Å². The first-order valence-electron chi connectivity index (χ1n) is 2.36. The van der Waals surface area contributed by atoms with Gasteiger partial charge in [0.25, 0.3) is 0 Å². The van der Waals surface area contributed by atoms with E-state index in [1.54, 1.807) is 12.2 Å². The van der Waals surface area contributed by atoms with E-state index in [0.29, 0.717) is 4.91 Å². The predicted octanol–water partition coefficient (Wildman–Crippen LogP) is 2.69. The Morgan fingerprint density at radius 1 is 1.62 bits per heavy atom. The van der Waals surface area contributed by atoms with E-state index < -0.39 is 0 Å². The van der Waals surface area contributed by atoms with Crippen LogP contribution in [-0.4, -0.2) is 0 Å². The number of hydrogen-bond acceptors (Lipinski definition) is 1. The van der Waals surface area contributed by atoms with Gasteiger partial charge in [0.05, 0.1) is 0 Å². The molecule has 0 nitrogen and oxygen atoms in total. The van der Waals surface area contributed by atoms with Crippen LogP contribution in [0.2, 0.25) is 0 Å². The molecule has 0 saturated heterocycles. The molecule has 0 aromatic heterocycles. The molecule has 0 spiro atoms. The third kappa shape index (κ3) is 2.86. The van der Waals surface area contributed by atoms with Crippen molar-refractivity contribution in [1.82, 2.24) is 0 Å². The summed E-state index contributed by atoms with van der Waals surface area (Å²) >= 11 is 3.82. The van der Waals surface area contributed by atoms with Gasteiger partial charge >= 0.3 is 0 Å². The van der Waals surface area contributed by atoms with Crippen molar-refractivity contribution in [3.8, 4) is 0 Å². The summed E-state index contributed by atoms with van der Waals surface area (Å²) in [5, 5.41) is 0. The molecular weight excluding hydrogens is 123 g/mol. The lowest BCUT2D eigenvalue weighted by molar-refractivity contribution is 0.638. The van der Waals surface area contributed by atoms with Gasteiger partial charge in [0.2, 0.25) is 0 Å². The average Bonchev–Trinajstić information content (AvgIpc) is 1.67. The zero-order chi connectivity index (χ0) is 6.57. The maximum Gasteiger partial charge on any atom is 0.110 e. The number of halogens is 1. The molecule has 0 amide bonds. The molecule has 0 N–H and O–H groups in total. The normalized spacial score (nSPS) is 14.5. The smallest absolute Gasteiger partial charge is 0.110 e. The van der Waals surface area contributed by atoms with Crippen LogP contribution in [0.5, 0.6) is 0 Å². The lowest BCUT2D eigenvalue weighted by Crippen LogP contribution is -1.65. The van der Waals surface area contributed by atoms with E-state index >= 15 is 0 Å². The molecule has 0 aliphatic heterocycles. The van der Waals surface area contributed by atoms with Crippen LogP contribution in [0, 0.1) is 0 Å². The maximum absolute atomic E-state index is 12.0. The fraction of sp³-hybridized carbons (Fsp3) is 0.333. The molecule has 0 aromatic carbocycles. The molecule has 0 saturated carbocycles. The summed E-state index contributed by atoms with van der Waals surface area (Å²) in [5.41, 5.74) is 0. The Labute approximate surface area is 54.5 Å². The van der Waals surface area contributed by atoms with Crippen LogP contribution < -0.4 is 0 Å². The molecule has 0 atom stereocenters. The van der Waals surface area contributed by atoms with Crippen LogP contribution >= 0.6 is 12.6 Å². The zero-order valence-electron chi connectivity index (χ0n) is 4.98. The van der Waals surface area contributed by atoms with Gasteiger partial charge in [-0.2, -0.15) is 0 Å². The lowest BCUT2D eigenvalue weighted by Gasteiger charge is -1.86. The first kappa shape index (κ1) is 7.76. The zero-order valence-corrected chi connectivity index (χ0v) is 5.87. The van der Waals surface area contributed by atoms with Crippen molar-refractivity contribution in [2.45, 2.75) is 13.8 Å². The first-order valence-corrected chi connectivity index (χ1v) is 2.81. The van der Waals surface area contributed by atoms with E-state index in [1.165, 1.54) is 6.92 Å². The van der Waals surface area contributed by atoms with Crippen molar-refractivity contribution < 1.29 is 4.39 Å². The molecule has 46 valence electrons. The molecular formula is C6H9FS. The standard InChI is InChI=1S/C6H9FS/c1-3-4-6(8)5(2)7/h3-4,8H,1-2H3/b4-3-,6-5-. The van der Waals surface area contributed by atoms with Crippen LogP contribution in [0.3, 0.4) is 0 Å². The highest BCUT2D eigenvalue weighted by Gasteiger charge is 1.86. The SMILES string of the molecule is C/C=C\C(S)=C(/C)F. The minimum absolute atomic E-state index is 0.244. The summed E-state index contributed by atoms with van der Waals surface area (Å²) < 4.78 is 12.0. The minimum atomic E-state index is -0.244. The molecule has 0 bridgehead atoms. The maximum atomic E-state index is 12.0. The number of allylic oxidation sites excluding steroid dienone is 3. The quantitative estimate of drug-likeness (QED) is 0.411. The second-order valence-corrected chi connectivity index (χ2v) is 1.90. The molecule has 0 aliphatic rings. The molecule has 0 rings (SSSR count). The average molecular weight is 132 g/mol. The molecule has 0 fully saturated rings. The second kappa shape index (κ2) is 3.72. The van der Waals surface area contributed by atoms with E-state index in [-0.39, 0.29) is 5.83 Å². The molecule has 0 aliphatic carbocycles. The Morgan fingerprint density at radius 2 is 2.12 bits per heavy atom. The third-order valence-electron chi connectivity index (χ3n) is 0.677. The summed E-state index contributed by atoms with van der Waals surface area (Å²) in [5.74, 6) is -0.244. The van der Waals surface area contributed by atoms with E-state index in [9.17, 15) is 4.39 Å². The molecule has 0 aromatic rings. The van der Waals surface area contributed by atoms with E-state index in [4.69, 9.17) is 0 Å². The Kier molecular flexibility index (Phi) is 3.61. The first-order chi connectivity index (χ1) is 3.68. The third-order valence-corrected chi connectivity index (χ3v) is 1.13. The van der Waals surface area contributed by atoms with Gasteiger partial charge in [0.1, 0.15) is 5.83 Å². The van der Waals surface area contributed by atoms with Crippen molar-refractivity contribution in [3.05, 3.63) is 22.9 Å². The Hall–Kier alpha value is -0.240. The molecule has 0 heterocycles. The predicted molar refractivity (Wildman–Crippen MR) is 37.6 cm³/mol. The van der Waals surface area contributed by atoms with Crippen LogP contribution in [-0.2, 0) is 0 Å². The summed E-state index contributed by atoms with van der Waals surface area (Å²) in [6.07, 6.45) is 3.35. The summed E-state index contributed by atoms with van der Waals surface area (Å²) in [7, 11) is 0.